The molecule has 0 N–H and O–H groups in total. The molecule has 3 unspecified atom stereocenters. The molecule has 0 heterocycles. The van der Waals surface area contributed by atoms with Crippen molar-refractivity contribution >= 4 is 0 Å². The number of allylic oxidation sites excluding steroid dienone is 2. The lowest BCUT2D eigenvalue weighted by atomic mass is 9.94. The zero-order valence-corrected chi connectivity index (χ0v) is 10.7. The third-order valence-electron chi connectivity index (χ3n) is 4.64. The molecule has 0 radical (unpaired) electrons. The molecule has 2 rings (SSSR count). The van der Waals surface area contributed by atoms with Crippen LogP contribution in [-0.2, 0) is 0 Å². The van der Waals surface area contributed by atoms with Gasteiger partial charge >= 0.3 is 0 Å². The predicted molar refractivity (Wildman–Crippen MR) is 66.5 cm³/mol. The highest BCUT2D eigenvalue weighted by atomic mass is 14.6. The zero-order chi connectivity index (χ0) is 11.1. The van der Waals surface area contributed by atoms with Gasteiger partial charge in [0.2, 0.25) is 0 Å². The second-order valence-corrected chi connectivity index (χ2v) is 6.29. The summed E-state index contributed by atoms with van der Waals surface area (Å²) in [5.74, 6) is 2.67. The van der Waals surface area contributed by atoms with Gasteiger partial charge in [-0.3, -0.25) is 0 Å². The molecular formula is C15H25+. The second-order valence-electron chi connectivity index (χ2n) is 6.29. The van der Waals surface area contributed by atoms with Crippen molar-refractivity contribution in [2.45, 2.75) is 53.4 Å². The Hall–Kier alpha value is -0.390. The highest BCUT2D eigenvalue weighted by Crippen LogP contribution is 2.62. The van der Waals surface area contributed by atoms with Crippen LogP contribution in [0, 0.1) is 29.6 Å². The van der Waals surface area contributed by atoms with Crippen molar-refractivity contribution in [3.05, 3.63) is 18.1 Å². The van der Waals surface area contributed by atoms with E-state index in [1.54, 1.807) is 5.57 Å². The molecule has 0 aromatic heterocycles. The molecule has 2 aliphatic carbocycles. The molecule has 1 fully saturated rings. The molecule has 84 valence electrons. The fourth-order valence-corrected chi connectivity index (χ4v) is 3.25. The molecule has 0 saturated heterocycles. The highest BCUT2D eigenvalue weighted by Gasteiger charge is 2.63. The Morgan fingerprint density at radius 1 is 1.33 bits per heavy atom. The Balaban J connectivity index is 2.03. The first-order valence-corrected chi connectivity index (χ1v) is 6.52. The normalized spacial score (nSPS) is 43.2. The molecule has 0 aliphatic heterocycles. The van der Waals surface area contributed by atoms with E-state index in [0.29, 0.717) is 5.41 Å². The summed E-state index contributed by atoms with van der Waals surface area (Å²) in [6, 6.07) is 0. The topological polar surface area (TPSA) is 0 Å². The van der Waals surface area contributed by atoms with Crippen LogP contribution < -0.4 is 0 Å². The summed E-state index contributed by atoms with van der Waals surface area (Å²) in [5.41, 5.74) is 2.21. The SMILES string of the molecule is C/C1=C\CCC(C)[CH+]C2C(CC1)C2(C)C. The lowest BCUT2D eigenvalue weighted by Crippen LogP contribution is -2.01. The Labute approximate surface area is 95.1 Å². The van der Waals surface area contributed by atoms with Crippen LogP contribution in [0.2, 0.25) is 0 Å². The molecule has 0 nitrogen and oxygen atoms in total. The van der Waals surface area contributed by atoms with Gasteiger partial charge in [0.25, 0.3) is 0 Å². The maximum Gasteiger partial charge on any atom is 0.107 e. The van der Waals surface area contributed by atoms with E-state index in [1.807, 2.05) is 0 Å². The molecule has 0 aromatic rings. The Bertz CT molecular complexity index is 259. The van der Waals surface area contributed by atoms with Gasteiger partial charge in [-0.1, -0.05) is 25.5 Å². The molecule has 0 aromatic carbocycles. The maximum absolute atomic E-state index is 2.64. The monoisotopic (exact) mass is 205 g/mol. The number of rotatable bonds is 0. The predicted octanol–water partition coefficient (Wildman–Crippen LogP) is 4.62. The largest absolute Gasteiger partial charge is 0.107 e. The van der Waals surface area contributed by atoms with Crippen molar-refractivity contribution in [2.24, 2.45) is 23.2 Å². The van der Waals surface area contributed by atoms with Gasteiger partial charge in [-0.25, -0.2) is 0 Å². The van der Waals surface area contributed by atoms with E-state index in [0.717, 1.165) is 17.8 Å². The van der Waals surface area contributed by atoms with E-state index in [1.165, 1.54) is 25.7 Å². The first kappa shape index (κ1) is 11.1. The van der Waals surface area contributed by atoms with Crippen LogP contribution in [0.15, 0.2) is 11.6 Å². The Morgan fingerprint density at radius 3 is 2.80 bits per heavy atom. The third kappa shape index (κ3) is 2.24. The van der Waals surface area contributed by atoms with Gasteiger partial charge in [-0.2, -0.15) is 0 Å². The van der Waals surface area contributed by atoms with E-state index < -0.39 is 0 Å². The van der Waals surface area contributed by atoms with Gasteiger partial charge in [-0.05, 0) is 39.5 Å². The van der Waals surface area contributed by atoms with Crippen molar-refractivity contribution in [2.75, 3.05) is 0 Å². The highest BCUT2D eigenvalue weighted by molar-refractivity contribution is 5.14. The number of hydrogen-bond donors (Lipinski definition) is 0. The smallest absolute Gasteiger partial charge is 0.0854 e. The average molecular weight is 205 g/mol. The van der Waals surface area contributed by atoms with Crippen LogP contribution in [-0.4, -0.2) is 0 Å². The number of fused-ring (bicyclic) bond motifs is 1. The number of hydrogen-bond acceptors (Lipinski definition) is 0. The van der Waals surface area contributed by atoms with Crippen molar-refractivity contribution < 1.29 is 0 Å². The summed E-state index contributed by atoms with van der Waals surface area (Å²) < 4.78 is 0. The van der Waals surface area contributed by atoms with Gasteiger partial charge in [0.05, 0.1) is 12.3 Å². The standard InChI is InChI=1S/C15H25/c1-11-6-5-7-12(2)10-14-13(9-8-11)15(14,3)4/h6,10,12-14H,5,7-9H2,1-4H3/q+1/b11-6+. The fourth-order valence-electron chi connectivity index (χ4n) is 3.25. The second kappa shape index (κ2) is 3.88. The van der Waals surface area contributed by atoms with Gasteiger partial charge < -0.3 is 0 Å². The fraction of sp³-hybridized carbons (Fsp3) is 0.800. The molecule has 0 heteroatoms. The van der Waals surface area contributed by atoms with Crippen molar-refractivity contribution in [1.29, 1.82) is 0 Å². The van der Waals surface area contributed by atoms with Crippen LogP contribution in [0.1, 0.15) is 53.4 Å². The van der Waals surface area contributed by atoms with Gasteiger partial charge in [-0.15, -0.1) is 0 Å². The lowest BCUT2D eigenvalue weighted by Gasteiger charge is -2.05. The summed E-state index contributed by atoms with van der Waals surface area (Å²) in [7, 11) is 0. The van der Waals surface area contributed by atoms with Crippen LogP contribution >= 0.6 is 0 Å². The van der Waals surface area contributed by atoms with Crippen LogP contribution in [0.3, 0.4) is 0 Å². The Kier molecular flexibility index (Phi) is 2.87. The van der Waals surface area contributed by atoms with Gasteiger partial charge in [0, 0.05) is 11.3 Å². The van der Waals surface area contributed by atoms with E-state index in [-0.39, 0.29) is 0 Å². The lowest BCUT2D eigenvalue weighted by molar-refractivity contribution is 0.513. The minimum Gasteiger partial charge on any atom is -0.0854 e. The van der Waals surface area contributed by atoms with Gasteiger partial charge in [0.1, 0.15) is 5.92 Å². The van der Waals surface area contributed by atoms with Crippen LogP contribution in [0.4, 0.5) is 0 Å². The summed E-state index contributed by atoms with van der Waals surface area (Å²) >= 11 is 0. The summed E-state index contributed by atoms with van der Waals surface area (Å²) in [4.78, 5) is 0. The van der Waals surface area contributed by atoms with Crippen LogP contribution in [0.25, 0.3) is 0 Å². The average Bonchev–Trinajstić information content (AvgIpc) is 2.65. The molecule has 1 saturated carbocycles. The first-order chi connectivity index (χ1) is 7.01. The van der Waals surface area contributed by atoms with E-state index in [4.69, 9.17) is 0 Å². The van der Waals surface area contributed by atoms with Gasteiger partial charge in [0.15, 0.2) is 0 Å². The first-order valence-electron chi connectivity index (χ1n) is 6.52. The molecule has 3 atom stereocenters. The van der Waals surface area contributed by atoms with Crippen LogP contribution in [0.5, 0.6) is 0 Å². The van der Waals surface area contributed by atoms with Crippen molar-refractivity contribution in [1.82, 2.24) is 0 Å². The third-order valence-corrected chi connectivity index (χ3v) is 4.64. The maximum atomic E-state index is 2.64. The minimum absolute atomic E-state index is 0.596. The molecule has 0 spiro atoms. The summed E-state index contributed by atoms with van der Waals surface area (Å²) in [6.45, 7) is 9.58. The van der Waals surface area contributed by atoms with Crippen molar-refractivity contribution in [3.8, 4) is 0 Å². The summed E-state index contributed by atoms with van der Waals surface area (Å²) in [6.07, 6.45) is 10.5. The molecule has 15 heavy (non-hydrogen) atoms. The molecular weight excluding hydrogens is 180 g/mol. The quantitative estimate of drug-likeness (QED) is 0.400. The molecule has 0 amide bonds. The zero-order valence-electron chi connectivity index (χ0n) is 10.7. The Morgan fingerprint density at radius 2 is 2.07 bits per heavy atom. The summed E-state index contributed by atoms with van der Waals surface area (Å²) in [5, 5.41) is 0. The van der Waals surface area contributed by atoms with E-state index in [2.05, 4.69) is 40.2 Å². The minimum atomic E-state index is 0.596. The molecule has 0 bridgehead atoms. The van der Waals surface area contributed by atoms with E-state index in [9.17, 15) is 0 Å². The van der Waals surface area contributed by atoms with Crippen molar-refractivity contribution in [3.63, 3.8) is 0 Å². The molecule has 2 aliphatic rings. The van der Waals surface area contributed by atoms with E-state index >= 15 is 0 Å².